The topological polar surface area (TPSA) is 62.2 Å². The van der Waals surface area contributed by atoms with Crippen molar-refractivity contribution in [3.05, 3.63) is 29.3 Å². The molecule has 0 aliphatic rings. The van der Waals surface area contributed by atoms with Gasteiger partial charge in [0.2, 0.25) is 0 Å². The van der Waals surface area contributed by atoms with E-state index in [-0.39, 0.29) is 5.97 Å². The van der Waals surface area contributed by atoms with Crippen molar-refractivity contribution in [1.82, 2.24) is 0 Å². The maximum atomic E-state index is 11.3. The number of amidine groups is 1. The molecule has 0 aliphatic heterocycles. The first kappa shape index (κ1) is 12.6. The molecule has 1 rings (SSSR count). The molecule has 2 N–H and O–H groups in total. The summed E-state index contributed by atoms with van der Waals surface area (Å²) in [6.45, 7) is 1.91. The Kier molecular flexibility index (Phi) is 4.37. The second-order valence-electron chi connectivity index (χ2n) is 3.18. The Morgan fingerprint density at radius 3 is 2.75 bits per heavy atom. The highest BCUT2D eigenvalue weighted by molar-refractivity contribution is 8.13. The van der Waals surface area contributed by atoms with Gasteiger partial charge in [-0.2, -0.15) is 0 Å². The fourth-order valence-electron chi connectivity index (χ4n) is 1.17. The maximum absolute atomic E-state index is 11.3. The van der Waals surface area contributed by atoms with Gasteiger partial charge in [0.05, 0.1) is 12.7 Å². The van der Waals surface area contributed by atoms with Gasteiger partial charge >= 0.3 is 5.97 Å². The molecular weight excluding hydrogens is 224 g/mol. The summed E-state index contributed by atoms with van der Waals surface area (Å²) in [5.41, 5.74) is 2.21. The summed E-state index contributed by atoms with van der Waals surface area (Å²) >= 11 is 1.30. The van der Waals surface area contributed by atoms with Crippen LogP contribution in [0.1, 0.15) is 15.9 Å². The summed E-state index contributed by atoms with van der Waals surface area (Å²) in [6, 6.07) is 5.21. The first-order chi connectivity index (χ1) is 7.58. The number of carbonyl (C=O) groups is 1. The summed E-state index contributed by atoms with van der Waals surface area (Å²) in [7, 11) is 1.35. The maximum Gasteiger partial charge on any atom is 0.337 e. The Bertz CT molecular complexity index is 418. The van der Waals surface area contributed by atoms with E-state index in [4.69, 9.17) is 5.41 Å². The molecule has 0 aliphatic carbocycles. The lowest BCUT2D eigenvalue weighted by atomic mass is 10.1. The Morgan fingerprint density at radius 2 is 2.19 bits per heavy atom. The fraction of sp³-hybridized carbons (Fsp3) is 0.273. The van der Waals surface area contributed by atoms with Crippen LogP contribution in [0.2, 0.25) is 0 Å². The average molecular weight is 238 g/mol. The number of esters is 1. The summed E-state index contributed by atoms with van der Waals surface area (Å²) in [5, 5.41) is 10.8. The van der Waals surface area contributed by atoms with Crippen molar-refractivity contribution < 1.29 is 9.53 Å². The van der Waals surface area contributed by atoms with Gasteiger partial charge in [0.1, 0.15) is 0 Å². The van der Waals surface area contributed by atoms with E-state index in [9.17, 15) is 4.79 Å². The zero-order valence-electron chi connectivity index (χ0n) is 9.46. The molecule has 0 bridgehead atoms. The van der Waals surface area contributed by atoms with E-state index >= 15 is 0 Å². The van der Waals surface area contributed by atoms with E-state index in [1.54, 1.807) is 12.1 Å². The first-order valence-corrected chi connectivity index (χ1v) is 5.89. The van der Waals surface area contributed by atoms with Crippen molar-refractivity contribution in [1.29, 1.82) is 5.41 Å². The molecule has 0 aromatic heterocycles. The molecule has 0 saturated carbocycles. The van der Waals surface area contributed by atoms with Crippen LogP contribution in [0.5, 0.6) is 0 Å². The van der Waals surface area contributed by atoms with E-state index in [0.717, 1.165) is 11.3 Å². The molecule has 0 spiro atoms. The Hall–Kier alpha value is -1.49. The van der Waals surface area contributed by atoms with Crippen molar-refractivity contribution in [2.45, 2.75) is 6.92 Å². The van der Waals surface area contributed by atoms with E-state index < -0.39 is 0 Å². The quantitative estimate of drug-likeness (QED) is 0.472. The molecule has 1 aromatic carbocycles. The van der Waals surface area contributed by atoms with E-state index in [1.807, 2.05) is 19.2 Å². The largest absolute Gasteiger partial charge is 0.465 e. The van der Waals surface area contributed by atoms with Crippen LogP contribution in [0.15, 0.2) is 18.2 Å². The number of anilines is 1. The van der Waals surface area contributed by atoms with Gasteiger partial charge in [-0.15, -0.1) is 0 Å². The Balaban J connectivity index is 2.99. The number of benzene rings is 1. The predicted octanol–water partition coefficient (Wildman–Crippen LogP) is 2.49. The highest BCUT2D eigenvalue weighted by Crippen LogP contribution is 2.18. The van der Waals surface area contributed by atoms with Gasteiger partial charge in [0.15, 0.2) is 5.17 Å². The normalized spacial score (nSPS) is 9.69. The molecule has 0 heterocycles. The van der Waals surface area contributed by atoms with Gasteiger partial charge < -0.3 is 10.1 Å². The van der Waals surface area contributed by atoms with Gasteiger partial charge in [-0.1, -0.05) is 17.8 Å². The van der Waals surface area contributed by atoms with Crippen molar-refractivity contribution in [3.8, 4) is 0 Å². The van der Waals surface area contributed by atoms with Crippen LogP contribution >= 0.6 is 11.8 Å². The summed E-state index contributed by atoms with van der Waals surface area (Å²) < 4.78 is 4.64. The number of methoxy groups -OCH3 is 1. The molecule has 5 heteroatoms. The lowest BCUT2D eigenvalue weighted by Gasteiger charge is -2.10. The van der Waals surface area contributed by atoms with Crippen LogP contribution in [0.25, 0.3) is 0 Å². The van der Waals surface area contributed by atoms with Crippen LogP contribution in [0.4, 0.5) is 5.69 Å². The second-order valence-corrected chi connectivity index (χ2v) is 4.00. The number of aryl methyl sites for hydroxylation is 1. The van der Waals surface area contributed by atoms with Crippen molar-refractivity contribution in [2.75, 3.05) is 18.7 Å². The third-order valence-corrected chi connectivity index (χ3v) is 2.62. The van der Waals surface area contributed by atoms with E-state index in [0.29, 0.717) is 10.7 Å². The molecule has 16 heavy (non-hydrogen) atoms. The van der Waals surface area contributed by atoms with Crippen LogP contribution in [0, 0.1) is 12.3 Å². The average Bonchev–Trinajstić information content (AvgIpc) is 2.30. The van der Waals surface area contributed by atoms with Crippen LogP contribution in [0.3, 0.4) is 0 Å². The number of hydrogen-bond acceptors (Lipinski definition) is 4. The number of nitrogens with one attached hydrogen (secondary N) is 2. The van der Waals surface area contributed by atoms with Crippen molar-refractivity contribution >= 4 is 28.6 Å². The lowest BCUT2D eigenvalue weighted by molar-refractivity contribution is 0.0601. The van der Waals surface area contributed by atoms with Gasteiger partial charge in [-0.05, 0) is 30.9 Å². The fourth-order valence-corrected chi connectivity index (χ4v) is 1.39. The lowest BCUT2D eigenvalue weighted by Crippen LogP contribution is -2.08. The Morgan fingerprint density at radius 1 is 1.50 bits per heavy atom. The van der Waals surface area contributed by atoms with Gasteiger partial charge in [-0.25, -0.2) is 4.79 Å². The predicted molar refractivity (Wildman–Crippen MR) is 67.4 cm³/mol. The minimum atomic E-state index is -0.376. The minimum Gasteiger partial charge on any atom is -0.465 e. The zero-order chi connectivity index (χ0) is 12.1. The number of rotatable bonds is 2. The molecule has 1 aromatic rings. The molecule has 0 fully saturated rings. The minimum absolute atomic E-state index is 0.338. The molecule has 0 saturated heterocycles. The molecule has 0 amide bonds. The van der Waals surface area contributed by atoms with Gasteiger partial charge in [0.25, 0.3) is 0 Å². The van der Waals surface area contributed by atoms with E-state index in [2.05, 4.69) is 10.1 Å². The third-order valence-electron chi connectivity index (χ3n) is 2.11. The van der Waals surface area contributed by atoms with Crippen LogP contribution in [-0.4, -0.2) is 24.5 Å². The molecule has 0 radical (unpaired) electrons. The van der Waals surface area contributed by atoms with E-state index in [1.165, 1.54) is 18.9 Å². The van der Waals surface area contributed by atoms with Crippen LogP contribution in [-0.2, 0) is 4.74 Å². The molecular formula is C11H14N2O2S. The first-order valence-electron chi connectivity index (χ1n) is 4.67. The highest BCUT2D eigenvalue weighted by atomic mass is 32.2. The molecule has 0 unspecified atom stereocenters. The summed E-state index contributed by atoms with van der Waals surface area (Å²) in [4.78, 5) is 11.3. The molecule has 0 atom stereocenters. The van der Waals surface area contributed by atoms with Gasteiger partial charge in [-0.3, -0.25) is 5.41 Å². The summed E-state index contributed by atoms with van der Waals surface area (Å²) in [6.07, 6.45) is 1.81. The van der Waals surface area contributed by atoms with Crippen molar-refractivity contribution in [3.63, 3.8) is 0 Å². The van der Waals surface area contributed by atoms with Crippen LogP contribution < -0.4 is 5.32 Å². The van der Waals surface area contributed by atoms with Crippen molar-refractivity contribution in [2.24, 2.45) is 0 Å². The standard InChI is InChI=1S/C11H14N2O2S/c1-7-4-5-8(10(14)15-2)6-9(7)13-11(12)16-3/h4-6H,1-3H3,(H2,12,13). The second kappa shape index (κ2) is 5.55. The highest BCUT2D eigenvalue weighted by Gasteiger charge is 2.08. The molecule has 4 nitrogen and oxygen atoms in total. The van der Waals surface area contributed by atoms with Gasteiger partial charge in [0, 0.05) is 5.69 Å². The number of carbonyl (C=O) groups excluding carboxylic acids is 1. The summed E-state index contributed by atoms with van der Waals surface area (Å²) in [5.74, 6) is -0.376. The molecule has 86 valence electrons. The number of ether oxygens (including phenoxy) is 1. The Labute approximate surface area is 98.9 Å². The zero-order valence-corrected chi connectivity index (χ0v) is 10.3. The third kappa shape index (κ3) is 3.00. The smallest absolute Gasteiger partial charge is 0.337 e. The SMILES string of the molecule is COC(=O)c1ccc(C)c(NC(=N)SC)c1. The monoisotopic (exact) mass is 238 g/mol. The number of hydrogen-bond donors (Lipinski definition) is 2. The number of thioether (sulfide) groups is 1.